The molecule has 0 aromatic heterocycles. The van der Waals surface area contributed by atoms with E-state index in [0.29, 0.717) is 13.0 Å². The molecule has 37 heavy (non-hydrogen) atoms. The number of unbranched alkanes of at least 4 members (excludes halogenated alkanes) is 1. The van der Waals surface area contributed by atoms with Crippen LogP contribution in [0.4, 0.5) is 4.79 Å². The monoisotopic (exact) mass is 515 g/mol. The fourth-order valence-electron chi connectivity index (χ4n) is 4.86. The van der Waals surface area contributed by atoms with E-state index in [4.69, 9.17) is 4.74 Å². The minimum absolute atomic E-state index is 0.126. The zero-order valence-corrected chi connectivity index (χ0v) is 24.1. The average Bonchev–Trinajstić information content (AvgIpc) is 2.84. The zero-order chi connectivity index (χ0) is 27.6. The predicted molar refractivity (Wildman–Crippen MR) is 148 cm³/mol. The molecule has 1 aromatic carbocycles. The molecule has 0 radical (unpaired) electrons. The predicted octanol–water partition coefficient (Wildman–Crippen LogP) is 6.05. The normalized spacial score (nSPS) is 16.8. The van der Waals surface area contributed by atoms with Gasteiger partial charge < -0.3 is 20.3 Å². The first-order valence-corrected chi connectivity index (χ1v) is 14.1. The summed E-state index contributed by atoms with van der Waals surface area (Å²) in [4.78, 5) is 42.6. The van der Waals surface area contributed by atoms with E-state index in [0.717, 1.165) is 49.7 Å². The Bertz CT molecular complexity index is 889. The molecule has 3 unspecified atom stereocenters. The van der Waals surface area contributed by atoms with Crippen LogP contribution in [0.3, 0.4) is 0 Å². The highest BCUT2D eigenvalue weighted by atomic mass is 16.6. The van der Waals surface area contributed by atoms with Gasteiger partial charge in [0, 0.05) is 12.6 Å². The summed E-state index contributed by atoms with van der Waals surface area (Å²) in [5, 5.41) is 6.10. The van der Waals surface area contributed by atoms with Crippen LogP contribution in [0.15, 0.2) is 24.3 Å². The van der Waals surface area contributed by atoms with Crippen molar-refractivity contribution in [1.29, 1.82) is 0 Å². The highest BCUT2D eigenvalue weighted by molar-refractivity contribution is 5.92. The smallest absolute Gasteiger partial charge is 0.408 e. The summed E-state index contributed by atoms with van der Waals surface area (Å²) in [6, 6.07) is 6.33. The lowest BCUT2D eigenvalue weighted by molar-refractivity contribution is -0.144. The Kier molecular flexibility index (Phi) is 11.9. The molecule has 1 aromatic rings. The van der Waals surface area contributed by atoms with Gasteiger partial charge in [0.2, 0.25) is 11.8 Å². The van der Waals surface area contributed by atoms with Gasteiger partial charge in [-0.25, -0.2) is 4.79 Å². The van der Waals surface area contributed by atoms with Crippen molar-refractivity contribution in [1.82, 2.24) is 15.5 Å². The number of alkyl carbamates (subject to hydrolysis) is 1. The minimum atomic E-state index is -0.800. The lowest BCUT2D eigenvalue weighted by atomic mass is 9.92. The topological polar surface area (TPSA) is 87.7 Å². The van der Waals surface area contributed by atoms with Crippen molar-refractivity contribution < 1.29 is 19.1 Å². The van der Waals surface area contributed by atoms with Crippen molar-refractivity contribution in [2.24, 2.45) is 5.92 Å². The molecular formula is C30H49N3O4. The summed E-state index contributed by atoms with van der Waals surface area (Å²) in [6.45, 7) is 13.8. The average molecular weight is 516 g/mol. The standard InChI is InChI=1S/C30H49N3O4/c1-8-10-20-33(28(35)25(21(3)9-2)32-29(36)37-30(5,6)7)26(24-19-15-14-16-22(24)4)27(34)31-23-17-12-11-13-18-23/h14-16,19,21,23,25-26H,8-13,17-18,20H2,1-7H3,(H,31,34)(H,32,36). The van der Waals surface area contributed by atoms with Crippen LogP contribution < -0.4 is 10.6 Å². The Morgan fingerprint density at radius 2 is 1.73 bits per heavy atom. The number of aryl methyl sites for hydroxylation is 1. The Labute approximate surface area is 224 Å². The molecule has 3 atom stereocenters. The number of amides is 3. The van der Waals surface area contributed by atoms with Crippen LogP contribution in [-0.2, 0) is 14.3 Å². The molecule has 0 saturated heterocycles. The first-order valence-electron chi connectivity index (χ1n) is 14.1. The van der Waals surface area contributed by atoms with Crippen LogP contribution >= 0.6 is 0 Å². The van der Waals surface area contributed by atoms with Gasteiger partial charge in [-0.1, -0.05) is 77.1 Å². The highest BCUT2D eigenvalue weighted by Crippen LogP contribution is 2.28. The van der Waals surface area contributed by atoms with Crippen molar-refractivity contribution in [3.05, 3.63) is 35.4 Å². The Morgan fingerprint density at radius 3 is 2.30 bits per heavy atom. The number of benzene rings is 1. The molecule has 0 heterocycles. The summed E-state index contributed by atoms with van der Waals surface area (Å²) < 4.78 is 5.49. The summed E-state index contributed by atoms with van der Waals surface area (Å²) in [5.74, 6) is -0.533. The molecule has 1 aliphatic rings. The van der Waals surface area contributed by atoms with Crippen LogP contribution in [-0.4, -0.2) is 47.0 Å². The molecule has 3 amide bonds. The Hall–Kier alpha value is -2.57. The quantitative estimate of drug-likeness (QED) is 0.375. The zero-order valence-electron chi connectivity index (χ0n) is 24.1. The lowest BCUT2D eigenvalue weighted by Gasteiger charge is -2.37. The van der Waals surface area contributed by atoms with Gasteiger partial charge in [-0.2, -0.15) is 0 Å². The van der Waals surface area contributed by atoms with Gasteiger partial charge in [-0.15, -0.1) is 0 Å². The maximum Gasteiger partial charge on any atom is 0.408 e. The fraction of sp³-hybridized carbons (Fsp3) is 0.700. The molecule has 2 N–H and O–H groups in total. The van der Waals surface area contributed by atoms with E-state index < -0.39 is 23.8 Å². The summed E-state index contributed by atoms with van der Waals surface area (Å²) in [5.41, 5.74) is 1.10. The van der Waals surface area contributed by atoms with Gasteiger partial charge >= 0.3 is 6.09 Å². The molecule has 1 aliphatic carbocycles. The second-order valence-electron chi connectivity index (χ2n) is 11.5. The second-order valence-corrected chi connectivity index (χ2v) is 11.5. The molecule has 7 nitrogen and oxygen atoms in total. The van der Waals surface area contributed by atoms with Crippen molar-refractivity contribution >= 4 is 17.9 Å². The second kappa shape index (κ2) is 14.4. The molecule has 0 bridgehead atoms. The van der Waals surface area contributed by atoms with Crippen molar-refractivity contribution in [2.45, 2.75) is 124 Å². The van der Waals surface area contributed by atoms with Crippen LogP contribution in [0.25, 0.3) is 0 Å². The number of rotatable bonds is 11. The third kappa shape index (κ3) is 9.35. The maximum absolute atomic E-state index is 14.2. The number of carbonyl (C=O) groups excluding carboxylic acids is 3. The van der Waals surface area contributed by atoms with Gasteiger partial charge in [0.1, 0.15) is 17.7 Å². The van der Waals surface area contributed by atoms with Crippen LogP contribution in [0.2, 0.25) is 0 Å². The van der Waals surface area contributed by atoms with E-state index in [1.807, 2.05) is 45.0 Å². The van der Waals surface area contributed by atoms with Gasteiger partial charge in [0.25, 0.3) is 0 Å². The van der Waals surface area contributed by atoms with Gasteiger partial charge in [-0.05, 0) is 64.0 Å². The van der Waals surface area contributed by atoms with Crippen molar-refractivity contribution in [2.75, 3.05) is 6.54 Å². The molecule has 1 saturated carbocycles. The van der Waals surface area contributed by atoms with Gasteiger partial charge in [0.15, 0.2) is 0 Å². The third-order valence-electron chi connectivity index (χ3n) is 7.18. The number of hydrogen-bond donors (Lipinski definition) is 2. The largest absolute Gasteiger partial charge is 0.444 e. The number of ether oxygens (including phenoxy) is 1. The molecule has 0 spiro atoms. The maximum atomic E-state index is 14.2. The molecule has 1 fully saturated rings. The summed E-state index contributed by atoms with van der Waals surface area (Å²) in [6.07, 6.45) is 7.03. The van der Waals surface area contributed by atoms with Gasteiger partial charge in [-0.3, -0.25) is 9.59 Å². The number of hydrogen-bond acceptors (Lipinski definition) is 4. The minimum Gasteiger partial charge on any atom is -0.444 e. The summed E-state index contributed by atoms with van der Waals surface area (Å²) in [7, 11) is 0. The molecule has 0 aliphatic heterocycles. The highest BCUT2D eigenvalue weighted by Gasteiger charge is 2.38. The van der Waals surface area contributed by atoms with Crippen molar-refractivity contribution in [3.8, 4) is 0 Å². The first-order chi connectivity index (χ1) is 17.5. The first kappa shape index (κ1) is 30.7. The molecule has 7 heteroatoms. The van der Waals surface area contributed by atoms with E-state index >= 15 is 0 Å². The van der Waals surface area contributed by atoms with Crippen molar-refractivity contribution in [3.63, 3.8) is 0 Å². The molecule has 208 valence electrons. The van der Waals surface area contributed by atoms with Crippen LogP contribution in [0.1, 0.15) is 110 Å². The van der Waals surface area contributed by atoms with E-state index in [-0.39, 0.29) is 23.8 Å². The summed E-state index contributed by atoms with van der Waals surface area (Å²) >= 11 is 0. The molecular weight excluding hydrogens is 466 g/mol. The van der Waals surface area contributed by atoms with Crippen LogP contribution in [0, 0.1) is 12.8 Å². The SMILES string of the molecule is CCCCN(C(=O)C(NC(=O)OC(C)(C)C)C(C)CC)C(C(=O)NC1CCCCC1)c1ccccc1C. The van der Waals surface area contributed by atoms with Gasteiger partial charge in [0.05, 0.1) is 0 Å². The third-order valence-corrected chi connectivity index (χ3v) is 7.18. The number of nitrogens with zero attached hydrogens (tertiary/aromatic N) is 1. The molecule has 2 rings (SSSR count). The van der Waals surface area contributed by atoms with Crippen LogP contribution in [0.5, 0.6) is 0 Å². The van der Waals surface area contributed by atoms with E-state index in [1.54, 1.807) is 25.7 Å². The fourth-order valence-corrected chi connectivity index (χ4v) is 4.86. The Balaban J connectivity index is 2.47. The number of nitrogens with one attached hydrogen (secondary N) is 2. The Morgan fingerprint density at radius 1 is 1.08 bits per heavy atom. The van der Waals surface area contributed by atoms with E-state index in [2.05, 4.69) is 17.6 Å². The number of carbonyl (C=O) groups is 3. The lowest BCUT2D eigenvalue weighted by Crippen LogP contribution is -2.56. The van der Waals surface area contributed by atoms with E-state index in [1.165, 1.54) is 6.42 Å². The van der Waals surface area contributed by atoms with E-state index in [9.17, 15) is 14.4 Å².